The van der Waals surface area contributed by atoms with Crippen molar-refractivity contribution in [2.75, 3.05) is 13.2 Å². The highest BCUT2D eigenvalue weighted by Crippen LogP contribution is 2.11. The van der Waals surface area contributed by atoms with E-state index < -0.39 is 11.9 Å². The quantitative estimate of drug-likeness (QED) is 0.695. The molecule has 0 radical (unpaired) electrons. The molecular weight excluding hydrogens is 198 g/mol. The number of carboxylic acid groups (broad SMARTS) is 1. The molecule has 86 valence electrons. The predicted octanol–water partition coefficient (Wildman–Crippen LogP) is 0.392. The normalized spacial score (nSPS) is 22.3. The van der Waals surface area contributed by atoms with Crippen molar-refractivity contribution in [1.82, 2.24) is 5.32 Å². The van der Waals surface area contributed by atoms with Gasteiger partial charge in [-0.1, -0.05) is 6.92 Å². The topological polar surface area (TPSA) is 75.6 Å². The third kappa shape index (κ3) is 3.87. The Bertz CT molecular complexity index is 236. The third-order valence-electron chi connectivity index (χ3n) is 2.52. The molecule has 0 aliphatic carbocycles. The van der Waals surface area contributed by atoms with Gasteiger partial charge in [-0.05, 0) is 19.3 Å². The van der Waals surface area contributed by atoms with Crippen LogP contribution in [0.4, 0.5) is 0 Å². The van der Waals surface area contributed by atoms with Crippen molar-refractivity contribution in [2.45, 2.75) is 32.3 Å². The number of nitrogens with one attached hydrogen (secondary N) is 1. The van der Waals surface area contributed by atoms with Gasteiger partial charge in [-0.15, -0.1) is 0 Å². The van der Waals surface area contributed by atoms with E-state index in [9.17, 15) is 9.59 Å². The Morgan fingerprint density at radius 3 is 2.87 bits per heavy atom. The second-order valence-corrected chi connectivity index (χ2v) is 3.82. The second kappa shape index (κ2) is 5.70. The van der Waals surface area contributed by atoms with Crippen molar-refractivity contribution in [3.8, 4) is 0 Å². The summed E-state index contributed by atoms with van der Waals surface area (Å²) in [7, 11) is 0. The van der Waals surface area contributed by atoms with E-state index in [2.05, 4.69) is 5.32 Å². The molecule has 0 saturated carbocycles. The minimum atomic E-state index is -0.832. The Labute approximate surface area is 88.8 Å². The van der Waals surface area contributed by atoms with E-state index in [-0.39, 0.29) is 12.0 Å². The fourth-order valence-electron chi connectivity index (χ4n) is 1.43. The van der Waals surface area contributed by atoms with Crippen molar-refractivity contribution in [2.24, 2.45) is 5.92 Å². The van der Waals surface area contributed by atoms with E-state index in [1.165, 1.54) is 0 Å². The van der Waals surface area contributed by atoms with Gasteiger partial charge in [0.25, 0.3) is 0 Å². The minimum absolute atomic E-state index is 0.120. The van der Waals surface area contributed by atoms with Gasteiger partial charge >= 0.3 is 5.97 Å². The van der Waals surface area contributed by atoms with Crippen LogP contribution in [-0.2, 0) is 14.3 Å². The van der Waals surface area contributed by atoms with Gasteiger partial charge in [0.1, 0.15) is 6.10 Å². The van der Waals surface area contributed by atoms with E-state index >= 15 is 0 Å². The molecule has 2 N–H and O–H groups in total. The first-order chi connectivity index (χ1) is 7.11. The molecule has 1 fully saturated rings. The molecule has 0 bridgehead atoms. The number of amides is 1. The number of carbonyl (C=O) groups excluding carboxylic acids is 1. The van der Waals surface area contributed by atoms with Crippen LogP contribution >= 0.6 is 0 Å². The molecule has 0 spiro atoms. The Balaban J connectivity index is 2.14. The average Bonchev–Trinajstić information content (AvgIpc) is 2.70. The van der Waals surface area contributed by atoms with E-state index in [1.54, 1.807) is 6.92 Å². The maximum atomic E-state index is 11.4. The monoisotopic (exact) mass is 215 g/mol. The Kier molecular flexibility index (Phi) is 4.55. The first-order valence-electron chi connectivity index (χ1n) is 5.23. The summed E-state index contributed by atoms with van der Waals surface area (Å²) in [6, 6.07) is 0. The largest absolute Gasteiger partial charge is 0.481 e. The van der Waals surface area contributed by atoms with Crippen LogP contribution < -0.4 is 5.32 Å². The van der Waals surface area contributed by atoms with Gasteiger partial charge in [0, 0.05) is 13.2 Å². The summed E-state index contributed by atoms with van der Waals surface area (Å²) in [5, 5.41) is 11.3. The SMILES string of the molecule is CC(CCNC(=O)C1CCCO1)C(=O)O. The van der Waals surface area contributed by atoms with Gasteiger partial charge in [0.05, 0.1) is 5.92 Å². The second-order valence-electron chi connectivity index (χ2n) is 3.82. The highest BCUT2D eigenvalue weighted by molar-refractivity contribution is 5.81. The smallest absolute Gasteiger partial charge is 0.306 e. The van der Waals surface area contributed by atoms with E-state index in [1.807, 2.05) is 0 Å². The summed E-state index contributed by atoms with van der Waals surface area (Å²) in [5.74, 6) is -1.37. The average molecular weight is 215 g/mol. The zero-order valence-electron chi connectivity index (χ0n) is 8.86. The molecule has 2 unspecified atom stereocenters. The lowest BCUT2D eigenvalue weighted by Crippen LogP contribution is -2.35. The van der Waals surface area contributed by atoms with E-state index in [0.29, 0.717) is 19.6 Å². The highest BCUT2D eigenvalue weighted by Gasteiger charge is 2.23. The lowest BCUT2D eigenvalue weighted by atomic mass is 10.1. The first kappa shape index (κ1) is 12.0. The summed E-state index contributed by atoms with van der Waals surface area (Å²) in [4.78, 5) is 21.9. The molecule has 1 rings (SSSR count). The molecule has 0 aromatic heterocycles. The third-order valence-corrected chi connectivity index (χ3v) is 2.52. The summed E-state index contributed by atoms with van der Waals surface area (Å²) in [6.07, 6.45) is 1.81. The van der Waals surface area contributed by atoms with Crippen LogP contribution in [-0.4, -0.2) is 36.2 Å². The fourth-order valence-corrected chi connectivity index (χ4v) is 1.43. The van der Waals surface area contributed by atoms with Crippen LogP contribution in [0.5, 0.6) is 0 Å². The standard InChI is InChI=1S/C10H17NO4/c1-7(10(13)14)4-5-11-9(12)8-3-2-6-15-8/h7-8H,2-6H2,1H3,(H,11,12)(H,13,14). The number of hydrogen-bond donors (Lipinski definition) is 2. The predicted molar refractivity (Wildman–Crippen MR) is 53.4 cm³/mol. The first-order valence-corrected chi connectivity index (χ1v) is 5.23. The van der Waals surface area contributed by atoms with Crippen molar-refractivity contribution >= 4 is 11.9 Å². The molecular formula is C10H17NO4. The van der Waals surface area contributed by atoms with E-state index in [4.69, 9.17) is 9.84 Å². The molecule has 1 amide bonds. The molecule has 5 nitrogen and oxygen atoms in total. The van der Waals surface area contributed by atoms with Crippen molar-refractivity contribution in [3.63, 3.8) is 0 Å². The lowest BCUT2D eigenvalue weighted by molar-refractivity contribution is -0.141. The van der Waals surface area contributed by atoms with Gasteiger partial charge in [-0.3, -0.25) is 9.59 Å². The number of rotatable bonds is 5. The molecule has 1 aliphatic heterocycles. The Hall–Kier alpha value is -1.10. The summed E-state index contributed by atoms with van der Waals surface area (Å²) in [5.41, 5.74) is 0. The number of aliphatic carboxylic acids is 1. The highest BCUT2D eigenvalue weighted by atomic mass is 16.5. The van der Waals surface area contributed by atoms with Crippen LogP contribution in [0.1, 0.15) is 26.2 Å². The molecule has 1 aliphatic rings. The van der Waals surface area contributed by atoms with Gasteiger partial charge in [0.15, 0.2) is 0 Å². The minimum Gasteiger partial charge on any atom is -0.481 e. The maximum Gasteiger partial charge on any atom is 0.306 e. The number of carbonyl (C=O) groups is 2. The van der Waals surface area contributed by atoms with Crippen molar-refractivity contribution < 1.29 is 19.4 Å². The molecule has 1 saturated heterocycles. The fraction of sp³-hybridized carbons (Fsp3) is 0.800. The van der Waals surface area contributed by atoms with Crippen molar-refractivity contribution in [1.29, 1.82) is 0 Å². The summed E-state index contributed by atoms with van der Waals surface area (Å²) in [6.45, 7) is 2.66. The van der Waals surface area contributed by atoms with Crippen LogP contribution in [0.25, 0.3) is 0 Å². The Morgan fingerprint density at radius 1 is 1.60 bits per heavy atom. The molecule has 0 aromatic rings. The Morgan fingerprint density at radius 2 is 2.33 bits per heavy atom. The number of hydrogen-bond acceptors (Lipinski definition) is 3. The lowest BCUT2D eigenvalue weighted by Gasteiger charge is -2.11. The van der Waals surface area contributed by atoms with Gasteiger partial charge < -0.3 is 15.2 Å². The van der Waals surface area contributed by atoms with Crippen LogP contribution in [0.2, 0.25) is 0 Å². The molecule has 2 atom stereocenters. The molecule has 0 aromatic carbocycles. The molecule has 15 heavy (non-hydrogen) atoms. The van der Waals surface area contributed by atoms with Gasteiger partial charge in [-0.2, -0.15) is 0 Å². The van der Waals surface area contributed by atoms with Crippen LogP contribution in [0.15, 0.2) is 0 Å². The number of ether oxygens (including phenoxy) is 1. The summed E-state index contributed by atoms with van der Waals surface area (Å²) < 4.78 is 5.19. The van der Waals surface area contributed by atoms with E-state index in [0.717, 1.165) is 12.8 Å². The van der Waals surface area contributed by atoms with Crippen molar-refractivity contribution in [3.05, 3.63) is 0 Å². The van der Waals surface area contributed by atoms with Gasteiger partial charge in [0.2, 0.25) is 5.91 Å². The number of carboxylic acids is 1. The van der Waals surface area contributed by atoms with Gasteiger partial charge in [-0.25, -0.2) is 0 Å². The molecule has 5 heteroatoms. The maximum absolute atomic E-state index is 11.4. The van der Waals surface area contributed by atoms with Crippen LogP contribution in [0.3, 0.4) is 0 Å². The zero-order valence-corrected chi connectivity index (χ0v) is 8.86. The summed E-state index contributed by atoms with van der Waals surface area (Å²) >= 11 is 0. The zero-order chi connectivity index (χ0) is 11.3. The van der Waals surface area contributed by atoms with Crippen LogP contribution in [0, 0.1) is 5.92 Å². The molecule has 1 heterocycles.